The van der Waals surface area contributed by atoms with Crippen LogP contribution in [0.1, 0.15) is 19.3 Å². The summed E-state index contributed by atoms with van der Waals surface area (Å²) in [6.07, 6.45) is 3.44. The molecule has 1 aromatic rings. The van der Waals surface area contributed by atoms with Gasteiger partial charge in [0.1, 0.15) is 0 Å². The molecule has 3 rings (SSSR count). The van der Waals surface area contributed by atoms with Crippen LogP contribution in [0.2, 0.25) is 0 Å². The van der Waals surface area contributed by atoms with E-state index in [1.807, 2.05) is 46.6 Å². The van der Waals surface area contributed by atoms with Crippen LogP contribution in [0.4, 0.5) is 11.4 Å². The molecule has 0 aliphatic carbocycles. The van der Waals surface area contributed by atoms with Crippen molar-refractivity contribution in [3.63, 3.8) is 0 Å². The Morgan fingerprint density at radius 3 is 3.00 bits per heavy atom. The van der Waals surface area contributed by atoms with Crippen molar-refractivity contribution in [2.75, 3.05) is 28.7 Å². The number of hydrogen-bond acceptors (Lipinski definition) is 4. The quantitative estimate of drug-likeness (QED) is 0.809. The van der Waals surface area contributed by atoms with Crippen molar-refractivity contribution in [1.29, 1.82) is 0 Å². The minimum atomic E-state index is 0.145. The van der Waals surface area contributed by atoms with Crippen LogP contribution in [-0.4, -0.2) is 29.2 Å². The van der Waals surface area contributed by atoms with Gasteiger partial charge in [0, 0.05) is 22.9 Å². The van der Waals surface area contributed by atoms with Crippen LogP contribution in [0.3, 0.4) is 0 Å². The van der Waals surface area contributed by atoms with Gasteiger partial charge in [-0.3, -0.25) is 4.79 Å². The highest BCUT2D eigenvalue weighted by molar-refractivity contribution is 8.00. The van der Waals surface area contributed by atoms with Gasteiger partial charge in [0.2, 0.25) is 5.91 Å². The van der Waals surface area contributed by atoms with Crippen LogP contribution in [0.15, 0.2) is 23.1 Å². The van der Waals surface area contributed by atoms with E-state index in [2.05, 4.69) is 0 Å². The first kappa shape index (κ1) is 13.2. The molecule has 0 aromatic heterocycles. The fourth-order valence-corrected chi connectivity index (χ4v) is 4.81. The Kier molecular flexibility index (Phi) is 3.93. The zero-order chi connectivity index (χ0) is 13.2. The van der Waals surface area contributed by atoms with Crippen molar-refractivity contribution in [2.24, 2.45) is 0 Å². The summed E-state index contributed by atoms with van der Waals surface area (Å²) in [4.78, 5) is 15.8. The Balaban J connectivity index is 1.86. The Labute approximate surface area is 122 Å². The fraction of sp³-hybridized carbons (Fsp3) is 0.500. The van der Waals surface area contributed by atoms with Crippen molar-refractivity contribution in [3.05, 3.63) is 18.2 Å². The third-order valence-corrected chi connectivity index (χ3v) is 5.97. The summed E-state index contributed by atoms with van der Waals surface area (Å²) in [5.41, 5.74) is 7.61. The van der Waals surface area contributed by atoms with Gasteiger partial charge in [0.05, 0.1) is 10.9 Å². The van der Waals surface area contributed by atoms with Gasteiger partial charge >= 0.3 is 0 Å². The number of nitrogens with zero attached hydrogens (tertiary/aromatic N) is 1. The molecule has 1 saturated heterocycles. The highest BCUT2D eigenvalue weighted by atomic mass is 32.2. The molecule has 2 aliphatic heterocycles. The summed E-state index contributed by atoms with van der Waals surface area (Å²) in [5.74, 6) is 2.36. The second-order valence-corrected chi connectivity index (χ2v) is 7.37. The number of fused-ring (bicyclic) bond motifs is 1. The molecule has 1 atom stereocenters. The monoisotopic (exact) mass is 294 g/mol. The summed E-state index contributed by atoms with van der Waals surface area (Å²) in [6, 6.07) is 5.88. The molecule has 102 valence electrons. The zero-order valence-electron chi connectivity index (χ0n) is 10.8. The molecule has 19 heavy (non-hydrogen) atoms. The number of rotatable bonds is 1. The van der Waals surface area contributed by atoms with E-state index in [-0.39, 0.29) is 11.2 Å². The van der Waals surface area contributed by atoms with E-state index in [9.17, 15) is 4.79 Å². The lowest BCUT2D eigenvalue weighted by atomic mass is 10.1. The molecule has 1 unspecified atom stereocenters. The third kappa shape index (κ3) is 2.72. The minimum Gasteiger partial charge on any atom is -0.399 e. The standard InChI is InChI=1S/C14H18N2OS2/c15-10-4-5-12-11(9-10)16(6-8-19-12)14(17)13-3-1-2-7-18-13/h4-5,9,13H,1-3,6-8,15H2. The lowest BCUT2D eigenvalue weighted by Gasteiger charge is -2.33. The van der Waals surface area contributed by atoms with E-state index in [0.29, 0.717) is 0 Å². The van der Waals surface area contributed by atoms with Crippen LogP contribution < -0.4 is 10.6 Å². The van der Waals surface area contributed by atoms with E-state index in [0.717, 1.165) is 35.8 Å². The highest BCUT2D eigenvalue weighted by Gasteiger charge is 2.30. The molecular weight excluding hydrogens is 276 g/mol. The molecule has 1 fully saturated rings. The van der Waals surface area contributed by atoms with Gasteiger partial charge in [-0.1, -0.05) is 6.42 Å². The summed E-state index contributed by atoms with van der Waals surface area (Å²) in [7, 11) is 0. The van der Waals surface area contributed by atoms with E-state index < -0.39 is 0 Å². The number of anilines is 2. The number of nitrogens with two attached hydrogens (primary N) is 1. The van der Waals surface area contributed by atoms with Crippen LogP contribution in [0.25, 0.3) is 0 Å². The Morgan fingerprint density at radius 2 is 2.21 bits per heavy atom. The van der Waals surface area contributed by atoms with Crippen molar-refractivity contribution in [3.8, 4) is 0 Å². The molecule has 2 heterocycles. The van der Waals surface area contributed by atoms with Crippen molar-refractivity contribution >= 4 is 40.8 Å². The number of nitrogen functional groups attached to an aromatic ring is 1. The van der Waals surface area contributed by atoms with Gasteiger partial charge < -0.3 is 10.6 Å². The summed E-state index contributed by atoms with van der Waals surface area (Å²) >= 11 is 3.62. The number of carbonyl (C=O) groups excluding carboxylic acids is 1. The lowest BCUT2D eigenvalue weighted by molar-refractivity contribution is -0.118. The van der Waals surface area contributed by atoms with Gasteiger partial charge in [0.25, 0.3) is 0 Å². The van der Waals surface area contributed by atoms with Crippen LogP contribution in [0.5, 0.6) is 0 Å². The highest BCUT2D eigenvalue weighted by Crippen LogP contribution is 2.38. The molecule has 1 amide bonds. The normalized spacial score (nSPS) is 22.9. The Bertz CT molecular complexity index is 486. The molecule has 0 bridgehead atoms. The number of carbonyl (C=O) groups is 1. The molecular formula is C14H18N2OS2. The number of hydrogen-bond donors (Lipinski definition) is 1. The Hall–Kier alpha value is -0.810. The van der Waals surface area contributed by atoms with Crippen LogP contribution >= 0.6 is 23.5 Å². The molecule has 0 spiro atoms. The second-order valence-electron chi connectivity index (χ2n) is 4.92. The molecule has 0 radical (unpaired) electrons. The summed E-state index contributed by atoms with van der Waals surface area (Å²) in [6.45, 7) is 0.803. The SMILES string of the molecule is Nc1ccc2c(c1)N(C(=O)C1CCCCS1)CCS2. The average Bonchev–Trinajstić information content (AvgIpc) is 2.47. The summed E-state index contributed by atoms with van der Waals surface area (Å²) in [5, 5.41) is 0.145. The van der Waals surface area contributed by atoms with Gasteiger partial charge in [-0.05, 0) is 36.8 Å². The molecule has 3 nitrogen and oxygen atoms in total. The second kappa shape index (κ2) is 5.67. The van der Waals surface area contributed by atoms with E-state index >= 15 is 0 Å². The van der Waals surface area contributed by atoms with Crippen molar-refractivity contribution in [1.82, 2.24) is 0 Å². The first-order chi connectivity index (χ1) is 9.25. The van der Waals surface area contributed by atoms with E-state index in [4.69, 9.17) is 5.73 Å². The first-order valence-corrected chi connectivity index (χ1v) is 8.74. The lowest BCUT2D eigenvalue weighted by Crippen LogP contribution is -2.41. The number of thioether (sulfide) groups is 2. The molecule has 2 aliphatic rings. The zero-order valence-corrected chi connectivity index (χ0v) is 12.4. The largest absolute Gasteiger partial charge is 0.399 e. The molecule has 2 N–H and O–H groups in total. The third-order valence-electron chi connectivity index (χ3n) is 3.57. The smallest absolute Gasteiger partial charge is 0.240 e. The van der Waals surface area contributed by atoms with E-state index in [1.165, 1.54) is 17.7 Å². The van der Waals surface area contributed by atoms with Gasteiger partial charge in [-0.25, -0.2) is 0 Å². The summed E-state index contributed by atoms with van der Waals surface area (Å²) < 4.78 is 0. The topological polar surface area (TPSA) is 46.3 Å². The predicted molar refractivity (Wildman–Crippen MR) is 84.0 cm³/mol. The minimum absolute atomic E-state index is 0.145. The van der Waals surface area contributed by atoms with Gasteiger partial charge in [-0.2, -0.15) is 0 Å². The van der Waals surface area contributed by atoms with Gasteiger partial charge in [-0.15, -0.1) is 23.5 Å². The maximum absolute atomic E-state index is 12.7. The molecule has 1 aromatic carbocycles. The maximum atomic E-state index is 12.7. The maximum Gasteiger partial charge on any atom is 0.240 e. The predicted octanol–water partition coefficient (Wildman–Crippen LogP) is 2.99. The molecule has 0 saturated carbocycles. The van der Waals surface area contributed by atoms with Crippen molar-refractivity contribution < 1.29 is 4.79 Å². The van der Waals surface area contributed by atoms with Crippen molar-refractivity contribution in [2.45, 2.75) is 29.4 Å². The van der Waals surface area contributed by atoms with Crippen LogP contribution in [0, 0.1) is 0 Å². The van der Waals surface area contributed by atoms with E-state index in [1.54, 1.807) is 0 Å². The number of amides is 1. The first-order valence-electron chi connectivity index (χ1n) is 6.71. The van der Waals surface area contributed by atoms with Crippen LogP contribution in [-0.2, 0) is 4.79 Å². The number of benzene rings is 1. The average molecular weight is 294 g/mol. The molecule has 5 heteroatoms. The van der Waals surface area contributed by atoms with Gasteiger partial charge in [0.15, 0.2) is 0 Å². The Morgan fingerprint density at radius 1 is 1.32 bits per heavy atom. The fourth-order valence-electron chi connectivity index (χ4n) is 2.57.